The van der Waals surface area contributed by atoms with Crippen LogP contribution in [0.3, 0.4) is 0 Å². The number of carbonyl (C=O) groups excluding carboxylic acids is 1. The summed E-state index contributed by atoms with van der Waals surface area (Å²) in [7, 11) is 0. The first-order chi connectivity index (χ1) is 6.86. The second-order valence-electron chi connectivity index (χ2n) is 4.10. The Balaban J connectivity index is 0.000000853. The van der Waals surface area contributed by atoms with Crippen LogP contribution in [0.4, 0.5) is 0 Å². The van der Waals surface area contributed by atoms with E-state index in [9.17, 15) is 4.79 Å². The SMILES string of the molecule is Cl.O=C1NCC2=C3C(=CCC=C13)CCC2. The number of nitrogens with one attached hydrogen (secondary N) is 1. The van der Waals surface area contributed by atoms with Gasteiger partial charge in [-0.15, -0.1) is 12.4 Å². The van der Waals surface area contributed by atoms with Crippen LogP contribution in [0.15, 0.2) is 34.4 Å². The first-order valence-corrected chi connectivity index (χ1v) is 5.26. The van der Waals surface area contributed by atoms with Crippen molar-refractivity contribution in [3.8, 4) is 0 Å². The van der Waals surface area contributed by atoms with Crippen LogP contribution in [-0.2, 0) is 4.79 Å². The van der Waals surface area contributed by atoms with Crippen LogP contribution in [0, 0.1) is 0 Å². The van der Waals surface area contributed by atoms with Gasteiger partial charge >= 0.3 is 0 Å². The lowest BCUT2D eigenvalue weighted by Gasteiger charge is -2.31. The molecule has 0 radical (unpaired) electrons. The van der Waals surface area contributed by atoms with E-state index < -0.39 is 0 Å². The quantitative estimate of drug-likeness (QED) is 0.671. The van der Waals surface area contributed by atoms with Gasteiger partial charge in [0.05, 0.1) is 0 Å². The molecule has 1 heterocycles. The average Bonchev–Trinajstić information content (AvgIpc) is 2.24. The second-order valence-corrected chi connectivity index (χ2v) is 4.10. The standard InChI is InChI=1S/C12H13NO.ClH/c14-12-10-6-2-4-8-3-1-5-9(7-13-12)11(8)10;/h4,6H,1-3,5,7H2,(H,13,14);1H. The predicted molar refractivity (Wildman–Crippen MR) is 61.9 cm³/mol. The summed E-state index contributed by atoms with van der Waals surface area (Å²) in [5, 5.41) is 2.94. The largest absolute Gasteiger partial charge is 0.348 e. The van der Waals surface area contributed by atoms with Crippen molar-refractivity contribution in [3.05, 3.63) is 34.4 Å². The number of hydrogen-bond acceptors (Lipinski definition) is 1. The van der Waals surface area contributed by atoms with Crippen molar-refractivity contribution in [1.82, 2.24) is 5.32 Å². The minimum absolute atomic E-state index is 0. The first kappa shape index (κ1) is 10.5. The molecule has 1 N–H and O–H groups in total. The average molecular weight is 224 g/mol. The maximum atomic E-state index is 11.6. The van der Waals surface area contributed by atoms with Crippen LogP contribution in [0.1, 0.15) is 25.7 Å². The highest BCUT2D eigenvalue weighted by atomic mass is 35.5. The normalized spacial score (nSPS) is 23.3. The zero-order valence-corrected chi connectivity index (χ0v) is 9.32. The van der Waals surface area contributed by atoms with Gasteiger partial charge in [0.25, 0.3) is 5.91 Å². The van der Waals surface area contributed by atoms with Crippen molar-refractivity contribution in [3.63, 3.8) is 0 Å². The van der Waals surface area contributed by atoms with Crippen molar-refractivity contribution >= 4 is 18.3 Å². The van der Waals surface area contributed by atoms with E-state index in [4.69, 9.17) is 0 Å². The molecule has 0 fully saturated rings. The lowest BCUT2D eigenvalue weighted by molar-refractivity contribution is -0.117. The zero-order chi connectivity index (χ0) is 9.54. The summed E-state index contributed by atoms with van der Waals surface area (Å²) in [5.74, 6) is 0.122. The molecule has 0 unspecified atom stereocenters. The molecule has 0 aromatic rings. The van der Waals surface area contributed by atoms with Crippen LogP contribution >= 0.6 is 12.4 Å². The van der Waals surface area contributed by atoms with E-state index >= 15 is 0 Å². The highest BCUT2D eigenvalue weighted by Crippen LogP contribution is 2.38. The van der Waals surface area contributed by atoms with Gasteiger partial charge in [0.1, 0.15) is 0 Å². The van der Waals surface area contributed by atoms with Crippen molar-refractivity contribution in [2.24, 2.45) is 0 Å². The fourth-order valence-electron chi connectivity index (χ4n) is 2.62. The molecular formula is C12H14ClNO. The molecule has 3 heteroatoms. The Bertz CT molecular complexity index is 404. The monoisotopic (exact) mass is 223 g/mol. The number of rotatable bonds is 0. The molecule has 0 saturated carbocycles. The third-order valence-electron chi connectivity index (χ3n) is 3.26. The number of allylic oxidation sites excluding steroid dienone is 3. The Morgan fingerprint density at radius 2 is 2.07 bits per heavy atom. The van der Waals surface area contributed by atoms with E-state index in [0.29, 0.717) is 0 Å². The van der Waals surface area contributed by atoms with Crippen LogP contribution in [0.2, 0.25) is 0 Å². The number of halogens is 1. The second kappa shape index (κ2) is 3.86. The summed E-state index contributed by atoms with van der Waals surface area (Å²) < 4.78 is 0. The van der Waals surface area contributed by atoms with Gasteiger partial charge in [0, 0.05) is 12.1 Å². The molecule has 0 saturated heterocycles. The topological polar surface area (TPSA) is 29.1 Å². The van der Waals surface area contributed by atoms with Crippen LogP contribution in [0.25, 0.3) is 0 Å². The van der Waals surface area contributed by atoms with Gasteiger partial charge in [0.2, 0.25) is 0 Å². The van der Waals surface area contributed by atoms with Gasteiger partial charge < -0.3 is 5.32 Å². The van der Waals surface area contributed by atoms with Gasteiger partial charge in [0.15, 0.2) is 0 Å². The van der Waals surface area contributed by atoms with E-state index in [1.165, 1.54) is 23.1 Å². The van der Waals surface area contributed by atoms with E-state index in [0.717, 1.165) is 31.4 Å². The molecule has 3 rings (SSSR count). The summed E-state index contributed by atoms with van der Waals surface area (Å²) in [6.45, 7) is 0.767. The summed E-state index contributed by atoms with van der Waals surface area (Å²) in [5.41, 5.74) is 5.07. The molecular weight excluding hydrogens is 210 g/mol. The molecule has 15 heavy (non-hydrogen) atoms. The predicted octanol–water partition coefficient (Wildman–Crippen LogP) is 2.28. The third-order valence-corrected chi connectivity index (χ3v) is 3.26. The van der Waals surface area contributed by atoms with Crippen LogP contribution in [-0.4, -0.2) is 12.5 Å². The molecule has 0 spiro atoms. The molecule has 0 bridgehead atoms. The maximum absolute atomic E-state index is 11.6. The molecule has 0 aromatic carbocycles. The molecule has 1 amide bonds. The Kier molecular flexibility index (Phi) is 2.70. The lowest BCUT2D eigenvalue weighted by Crippen LogP contribution is -2.35. The van der Waals surface area contributed by atoms with Crippen LogP contribution < -0.4 is 5.32 Å². The molecule has 0 aromatic heterocycles. The first-order valence-electron chi connectivity index (χ1n) is 5.26. The number of hydrogen-bond donors (Lipinski definition) is 1. The fraction of sp³-hybridized carbons (Fsp3) is 0.417. The lowest BCUT2D eigenvalue weighted by atomic mass is 9.78. The summed E-state index contributed by atoms with van der Waals surface area (Å²) >= 11 is 0. The molecule has 2 aliphatic carbocycles. The molecule has 0 atom stereocenters. The smallest absolute Gasteiger partial charge is 0.251 e. The van der Waals surface area contributed by atoms with Gasteiger partial charge in [-0.3, -0.25) is 4.79 Å². The van der Waals surface area contributed by atoms with Gasteiger partial charge in [-0.25, -0.2) is 0 Å². The van der Waals surface area contributed by atoms with Crippen molar-refractivity contribution in [2.45, 2.75) is 25.7 Å². The van der Waals surface area contributed by atoms with E-state index in [2.05, 4.69) is 17.5 Å². The Morgan fingerprint density at radius 1 is 1.20 bits per heavy atom. The van der Waals surface area contributed by atoms with E-state index in [1.54, 1.807) is 0 Å². The zero-order valence-electron chi connectivity index (χ0n) is 8.51. The minimum Gasteiger partial charge on any atom is -0.348 e. The highest BCUT2D eigenvalue weighted by molar-refractivity contribution is 6.01. The molecule has 1 aliphatic heterocycles. The van der Waals surface area contributed by atoms with Gasteiger partial charge in [-0.05, 0) is 42.4 Å². The summed E-state index contributed by atoms with van der Waals surface area (Å²) in [6, 6.07) is 0. The summed E-state index contributed by atoms with van der Waals surface area (Å²) in [4.78, 5) is 11.6. The fourth-order valence-corrected chi connectivity index (χ4v) is 2.62. The molecule has 2 nitrogen and oxygen atoms in total. The van der Waals surface area contributed by atoms with Crippen molar-refractivity contribution in [1.29, 1.82) is 0 Å². The molecule has 80 valence electrons. The Hall–Kier alpha value is -1.02. The minimum atomic E-state index is 0. The van der Waals surface area contributed by atoms with Gasteiger partial charge in [-0.2, -0.15) is 0 Å². The van der Waals surface area contributed by atoms with Gasteiger partial charge in [-0.1, -0.05) is 12.2 Å². The molecule has 3 aliphatic rings. The van der Waals surface area contributed by atoms with Crippen molar-refractivity contribution in [2.75, 3.05) is 6.54 Å². The summed E-state index contributed by atoms with van der Waals surface area (Å²) in [6.07, 6.45) is 8.81. The third kappa shape index (κ3) is 1.53. The van der Waals surface area contributed by atoms with Crippen molar-refractivity contribution < 1.29 is 4.79 Å². The maximum Gasteiger partial charge on any atom is 0.251 e. The number of carbonyl (C=O) groups is 1. The van der Waals surface area contributed by atoms with E-state index in [-0.39, 0.29) is 18.3 Å². The Labute approximate surface area is 95.5 Å². The number of amides is 1. The van der Waals surface area contributed by atoms with Crippen LogP contribution in [0.5, 0.6) is 0 Å². The van der Waals surface area contributed by atoms with E-state index in [1.807, 2.05) is 0 Å². The highest BCUT2D eigenvalue weighted by Gasteiger charge is 2.29. The Morgan fingerprint density at radius 3 is 2.93 bits per heavy atom.